The van der Waals surface area contributed by atoms with Gasteiger partial charge >= 0.3 is 0 Å². The van der Waals surface area contributed by atoms with E-state index in [0.29, 0.717) is 19.6 Å². The molecule has 2 aromatic heterocycles. The lowest BCUT2D eigenvalue weighted by molar-refractivity contribution is -0.0411. The number of fused-ring (bicyclic) bond motifs is 1. The third kappa shape index (κ3) is 4.01. The van der Waals surface area contributed by atoms with Crippen molar-refractivity contribution in [3.63, 3.8) is 0 Å². The van der Waals surface area contributed by atoms with Crippen LogP contribution in [-0.2, 0) is 25.9 Å². The van der Waals surface area contributed by atoms with Crippen LogP contribution in [-0.4, -0.2) is 67.9 Å². The second-order valence-electron chi connectivity index (χ2n) is 9.83. The van der Waals surface area contributed by atoms with Gasteiger partial charge in [0.25, 0.3) is 11.5 Å². The first-order valence-electron chi connectivity index (χ1n) is 11.9. The van der Waals surface area contributed by atoms with Crippen molar-refractivity contribution in [2.45, 2.75) is 64.6 Å². The Kier molecular flexibility index (Phi) is 5.67. The van der Waals surface area contributed by atoms with Gasteiger partial charge < -0.3 is 15.0 Å². The number of nitrogens with one attached hydrogen (secondary N) is 1. The maximum absolute atomic E-state index is 13.1. The first-order chi connectivity index (χ1) is 15.5. The number of carbonyl (C=O) groups is 1. The number of hydrogen-bond acceptors (Lipinski definition) is 5. The van der Waals surface area contributed by atoms with Crippen LogP contribution >= 0.6 is 0 Å². The highest BCUT2D eigenvalue weighted by Gasteiger charge is 2.42. The zero-order chi connectivity index (χ0) is 22.3. The van der Waals surface area contributed by atoms with Crippen LogP contribution in [0.25, 0.3) is 0 Å². The van der Waals surface area contributed by atoms with Crippen molar-refractivity contribution in [2.75, 3.05) is 26.2 Å². The standard InChI is InChI=1S/C24H33N5O3/c1-2-29-18(6-9-25-29)14-27-15-19(30)13-24(16-27)7-10-28(11-8-24)23(32)20-12-17-4-3-5-21(17)26-22(20)31/h6,9,12,19,30H,2-5,7-8,10-11,13-16H2,1H3,(H,26,31). The van der Waals surface area contributed by atoms with Crippen LogP contribution < -0.4 is 5.56 Å². The fraction of sp³-hybridized carbons (Fsp3) is 0.625. The Hall–Kier alpha value is -2.45. The van der Waals surface area contributed by atoms with Crippen LogP contribution in [0, 0.1) is 5.41 Å². The number of rotatable bonds is 4. The molecule has 8 nitrogen and oxygen atoms in total. The number of amides is 1. The predicted molar refractivity (Wildman–Crippen MR) is 120 cm³/mol. The highest BCUT2D eigenvalue weighted by molar-refractivity contribution is 5.94. The molecule has 3 aliphatic rings. The first-order valence-corrected chi connectivity index (χ1v) is 11.9. The molecule has 0 saturated carbocycles. The van der Waals surface area contributed by atoms with Gasteiger partial charge in [-0.25, -0.2) is 0 Å². The number of carbonyl (C=O) groups excluding carboxylic acids is 1. The quantitative estimate of drug-likeness (QED) is 0.754. The summed E-state index contributed by atoms with van der Waals surface area (Å²) < 4.78 is 2.00. The molecule has 32 heavy (non-hydrogen) atoms. The van der Waals surface area contributed by atoms with Crippen molar-refractivity contribution in [2.24, 2.45) is 5.41 Å². The Balaban J connectivity index is 1.26. The van der Waals surface area contributed by atoms with Crippen LogP contribution in [0.4, 0.5) is 0 Å². The van der Waals surface area contributed by atoms with Gasteiger partial charge in [-0.15, -0.1) is 0 Å². The van der Waals surface area contributed by atoms with E-state index in [-0.39, 0.29) is 28.5 Å². The van der Waals surface area contributed by atoms with Crippen LogP contribution in [0.2, 0.25) is 0 Å². The smallest absolute Gasteiger partial charge is 0.261 e. The number of β-amino-alcohol motifs (C(OH)–C–C–N with tert-alkyl or cyclic N) is 1. The van der Waals surface area contributed by atoms with Crippen molar-refractivity contribution in [3.05, 3.63) is 51.2 Å². The minimum absolute atomic E-state index is 0.00979. The molecule has 2 aliphatic heterocycles. The number of likely N-dealkylation sites (tertiary alicyclic amines) is 2. The van der Waals surface area contributed by atoms with Crippen molar-refractivity contribution >= 4 is 5.91 Å². The molecule has 1 atom stereocenters. The van der Waals surface area contributed by atoms with Crippen molar-refractivity contribution < 1.29 is 9.90 Å². The van der Waals surface area contributed by atoms with E-state index < -0.39 is 0 Å². The summed E-state index contributed by atoms with van der Waals surface area (Å²) in [5.74, 6) is -0.157. The maximum Gasteiger partial charge on any atom is 0.261 e. The van der Waals surface area contributed by atoms with E-state index in [1.54, 1.807) is 0 Å². The molecule has 0 bridgehead atoms. The fourth-order valence-electron chi connectivity index (χ4n) is 5.98. The second kappa shape index (κ2) is 8.48. The molecule has 4 heterocycles. The van der Waals surface area contributed by atoms with E-state index in [9.17, 15) is 14.7 Å². The van der Waals surface area contributed by atoms with E-state index in [1.807, 2.05) is 27.9 Å². The van der Waals surface area contributed by atoms with Crippen molar-refractivity contribution in [3.8, 4) is 0 Å². The Morgan fingerprint density at radius 2 is 2.12 bits per heavy atom. The Labute approximate surface area is 188 Å². The Bertz CT molecular complexity index is 1050. The number of hydrogen-bond donors (Lipinski definition) is 2. The summed E-state index contributed by atoms with van der Waals surface area (Å²) >= 11 is 0. The summed E-state index contributed by atoms with van der Waals surface area (Å²) in [5.41, 5.74) is 3.29. The molecule has 0 radical (unpaired) electrons. The van der Waals surface area contributed by atoms with Gasteiger partial charge in [0.15, 0.2) is 0 Å². The summed E-state index contributed by atoms with van der Waals surface area (Å²) in [7, 11) is 0. The summed E-state index contributed by atoms with van der Waals surface area (Å²) in [4.78, 5) is 32.7. The molecular formula is C24H33N5O3. The van der Waals surface area contributed by atoms with Gasteiger partial charge in [-0.1, -0.05) is 0 Å². The molecule has 172 valence electrons. The molecule has 0 aromatic carbocycles. The van der Waals surface area contributed by atoms with E-state index >= 15 is 0 Å². The van der Waals surface area contributed by atoms with Crippen LogP contribution in [0.15, 0.2) is 23.1 Å². The lowest BCUT2D eigenvalue weighted by Gasteiger charge is -2.49. The van der Waals surface area contributed by atoms with Crippen LogP contribution in [0.5, 0.6) is 0 Å². The predicted octanol–water partition coefficient (Wildman–Crippen LogP) is 1.57. The lowest BCUT2D eigenvalue weighted by Crippen LogP contribution is -2.54. The van der Waals surface area contributed by atoms with Crippen LogP contribution in [0.1, 0.15) is 59.9 Å². The van der Waals surface area contributed by atoms with Gasteiger partial charge in [-0.3, -0.25) is 19.2 Å². The minimum atomic E-state index is -0.358. The third-order valence-corrected chi connectivity index (χ3v) is 7.62. The van der Waals surface area contributed by atoms with E-state index in [2.05, 4.69) is 21.9 Å². The molecule has 2 N–H and O–H groups in total. The lowest BCUT2D eigenvalue weighted by atomic mass is 9.71. The van der Waals surface area contributed by atoms with Gasteiger partial charge in [-0.05, 0) is 68.6 Å². The molecule has 1 aliphatic carbocycles. The van der Waals surface area contributed by atoms with Gasteiger partial charge in [0.05, 0.1) is 11.8 Å². The summed E-state index contributed by atoms with van der Waals surface area (Å²) in [6.07, 6.45) is 6.81. The molecule has 5 rings (SSSR count). The number of H-pyrrole nitrogens is 1. The summed E-state index contributed by atoms with van der Waals surface area (Å²) in [6.45, 7) is 6.54. The number of pyridine rings is 1. The van der Waals surface area contributed by atoms with Gasteiger partial charge in [-0.2, -0.15) is 5.10 Å². The number of aromatic amines is 1. The summed E-state index contributed by atoms with van der Waals surface area (Å²) in [5, 5.41) is 15.0. The van der Waals surface area contributed by atoms with E-state index in [0.717, 1.165) is 69.4 Å². The van der Waals surface area contributed by atoms with E-state index in [1.165, 1.54) is 5.69 Å². The highest BCUT2D eigenvalue weighted by atomic mass is 16.3. The zero-order valence-corrected chi connectivity index (χ0v) is 18.8. The number of aromatic nitrogens is 3. The molecule has 1 amide bonds. The van der Waals surface area contributed by atoms with Gasteiger partial charge in [0.1, 0.15) is 5.56 Å². The SMILES string of the molecule is CCn1nccc1CN1CC(O)CC2(CCN(C(=O)c3cc4c([nH]c3=O)CCC4)CC2)C1. The fourth-order valence-corrected chi connectivity index (χ4v) is 5.98. The number of nitrogens with zero attached hydrogens (tertiary/aromatic N) is 4. The number of piperidine rings is 2. The number of aliphatic hydroxyl groups excluding tert-OH is 1. The van der Waals surface area contributed by atoms with Gasteiger partial charge in [0.2, 0.25) is 0 Å². The first kappa shape index (κ1) is 21.4. The molecule has 1 unspecified atom stereocenters. The number of aliphatic hydroxyl groups is 1. The summed E-state index contributed by atoms with van der Waals surface area (Å²) in [6, 6.07) is 3.86. The molecular weight excluding hydrogens is 406 g/mol. The zero-order valence-electron chi connectivity index (χ0n) is 18.8. The Morgan fingerprint density at radius 1 is 1.31 bits per heavy atom. The second-order valence-corrected chi connectivity index (χ2v) is 9.83. The minimum Gasteiger partial charge on any atom is -0.392 e. The van der Waals surface area contributed by atoms with Crippen molar-refractivity contribution in [1.82, 2.24) is 24.6 Å². The normalized spacial score (nSPS) is 22.9. The monoisotopic (exact) mass is 439 g/mol. The molecule has 8 heteroatoms. The van der Waals surface area contributed by atoms with E-state index in [4.69, 9.17) is 0 Å². The largest absolute Gasteiger partial charge is 0.392 e. The topological polar surface area (TPSA) is 94.5 Å². The Morgan fingerprint density at radius 3 is 2.91 bits per heavy atom. The van der Waals surface area contributed by atoms with Crippen molar-refractivity contribution in [1.29, 1.82) is 0 Å². The average Bonchev–Trinajstić information content (AvgIpc) is 3.41. The third-order valence-electron chi connectivity index (χ3n) is 7.62. The molecule has 1 spiro atoms. The number of aryl methyl sites for hydroxylation is 3. The molecule has 2 saturated heterocycles. The highest BCUT2D eigenvalue weighted by Crippen LogP contribution is 2.40. The maximum atomic E-state index is 13.1. The average molecular weight is 440 g/mol. The molecule has 2 aromatic rings. The molecule has 2 fully saturated rings. The van der Waals surface area contributed by atoms with Crippen LogP contribution in [0.3, 0.4) is 0 Å². The van der Waals surface area contributed by atoms with Gasteiger partial charge in [0, 0.05) is 51.2 Å².